The molecule has 0 saturated carbocycles. The summed E-state index contributed by atoms with van der Waals surface area (Å²) in [6.07, 6.45) is 2.73. The van der Waals surface area contributed by atoms with Crippen molar-refractivity contribution in [3.05, 3.63) is 186 Å². The molecule has 0 radical (unpaired) electrons. The summed E-state index contributed by atoms with van der Waals surface area (Å²) < 4.78 is 18.0. The van der Waals surface area contributed by atoms with E-state index in [0.29, 0.717) is 12.3 Å². The molecule has 0 N–H and O–H groups in total. The van der Waals surface area contributed by atoms with E-state index in [1.54, 1.807) is 0 Å². The number of fused-ring (bicyclic) bond motifs is 10. The molecule has 5 nitrogen and oxygen atoms in total. The molecular formula is C49H31N3O2S. The number of furan rings is 1. The number of nitrogens with zero attached hydrogens (tertiary/aromatic N) is 3. The van der Waals surface area contributed by atoms with Gasteiger partial charge in [0.05, 0.1) is 22.4 Å². The van der Waals surface area contributed by atoms with Crippen LogP contribution in [0, 0.1) is 0 Å². The van der Waals surface area contributed by atoms with Gasteiger partial charge in [0.2, 0.25) is 5.90 Å². The first-order chi connectivity index (χ1) is 27.3. The highest BCUT2D eigenvalue weighted by Gasteiger charge is 2.35. The summed E-state index contributed by atoms with van der Waals surface area (Å²) in [4.78, 5) is 7.54. The Balaban J connectivity index is 1.14. The Hall–Kier alpha value is -6.89. The minimum absolute atomic E-state index is 0.123. The van der Waals surface area contributed by atoms with Crippen LogP contribution in [0.5, 0.6) is 0 Å². The Kier molecular flexibility index (Phi) is 6.56. The van der Waals surface area contributed by atoms with Crippen LogP contribution < -0.4 is 4.90 Å². The molecule has 55 heavy (non-hydrogen) atoms. The van der Waals surface area contributed by atoms with Gasteiger partial charge in [0.15, 0.2) is 0 Å². The molecule has 4 heterocycles. The quantitative estimate of drug-likeness (QED) is 0.177. The van der Waals surface area contributed by atoms with Crippen LogP contribution in [0.25, 0.3) is 64.7 Å². The van der Waals surface area contributed by atoms with Gasteiger partial charge in [0.1, 0.15) is 23.1 Å². The number of benzene rings is 7. The molecule has 260 valence electrons. The first-order valence-corrected chi connectivity index (χ1v) is 19.4. The van der Waals surface area contributed by atoms with Crippen molar-refractivity contribution in [1.29, 1.82) is 0 Å². The van der Waals surface area contributed by atoms with Crippen molar-refractivity contribution in [2.24, 2.45) is 4.99 Å². The zero-order valence-electron chi connectivity index (χ0n) is 29.5. The molecule has 1 unspecified atom stereocenters. The minimum Gasteiger partial charge on any atom is -0.456 e. The maximum Gasteiger partial charge on any atom is 0.222 e. The molecule has 1 aliphatic carbocycles. The molecule has 0 amide bonds. The van der Waals surface area contributed by atoms with Crippen LogP contribution in [0.4, 0.5) is 17.1 Å². The van der Waals surface area contributed by atoms with Crippen LogP contribution in [0.15, 0.2) is 179 Å². The summed E-state index contributed by atoms with van der Waals surface area (Å²) in [5.74, 6) is 2.31. The Morgan fingerprint density at radius 1 is 0.636 bits per heavy atom. The Morgan fingerprint density at radius 3 is 2.25 bits per heavy atom. The second-order valence-corrected chi connectivity index (χ2v) is 15.3. The number of thiophene rings is 1. The number of hydrogen-bond donors (Lipinski definition) is 0. The van der Waals surface area contributed by atoms with Gasteiger partial charge in [-0.15, -0.1) is 11.3 Å². The predicted octanol–water partition coefficient (Wildman–Crippen LogP) is 13.1. The average Bonchev–Trinajstić information content (AvgIpc) is 4.01. The number of aliphatic imine (C=N–C) groups is 1. The van der Waals surface area contributed by atoms with E-state index in [0.717, 1.165) is 61.9 Å². The van der Waals surface area contributed by atoms with Gasteiger partial charge in [-0.05, 0) is 72.8 Å². The zero-order valence-corrected chi connectivity index (χ0v) is 30.3. The minimum atomic E-state index is -0.123. The van der Waals surface area contributed by atoms with Crippen molar-refractivity contribution in [3.63, 3.8) is 0 Å². The highest BCUT2D eigenvalue weighted by Crippen LogP contribution is 2.49. The molecule has 0 bridgehead atoms. The van der Waals surface area contributed by atoms with Crippen LogP contribution >= 0.6 is 11.3 Å². The van der Waals surface area contributed by atoms with E-state index in [4.69, 9.17) is 14.1 Å². The molecule has 12 rings (SSSR count). The summed E-state index contributed by atoms with van der Waals surface area (Å²) >= 11 is 1.84. The van der Waals surface area contributed by atoms with Gasteiger partial charge < -0.3 is 18.6 Å². The van der Waals surface area contributed by atoms with Gasteiger partial charge in [-0.3, -0.25) is 0 Å². The fourth-order valence-corrected chi connectivity index (χ4v) is 9.81. The number of anilines is 3. The lowest BCUT2D eigenvalue weighted by atomic mass is 9.95. The number of rotatable bonds is 5. The molecule has 3 aromatic heterocycles. The largest absolute Gasteiger partial charge is 0.456 e. The van der Waals surface area contributed by atoms with E-state index in [1.165, 1.54) is 36.5 Å². The smallest absolute Gasteiger partial charge is 0.222 e. The lowest BCUT2D eigenvalue weighted by molar-refractivity contribution is 0.414. The number of ether oxygens (including phenoxy) is 1. The highest BCUT2D eigenvalue weighted by molar-refractivity contribution is 7.25. The molecule has 10 aromatic rings. The number of para-hydroxylation sites is 3. The van der Waals surface area contributed by atoms with Crippen LogP contribution in [-0.2, 0) is 11.2 Å². The monoisotopic (exact) mass is 725 g/mol. The van der Waals surface area contributed by atoms with Crippen LogP contribution in [-0.4, -0.2) is 16.5 Å². The summed E-state index contributed by atoms with van der Waals surface area (Å²) in [6, 6.07) is 58.2. The van der Waals surface area contributed by atoms with Gasteiger partial charge in [-0.25, -0.2) is 4.99 Å². The van der Waals surface area contributed by atoms with Crippen molar-refractivity contribution in [3.8, 4) is 5.69 Å². The summed E-state index contributed by atoms with van der Waals surface area (Å²) in [5, 5.41) is 6.02. The van der Waals surface area contributed by atoms with Crippen molar-refractivity contribution in [1.82, 2.24) is 4.57 Å². The third-order valence-corrected chi connectivity index (χ3v) is 12.3. The van der Waals surface area contributed by atoms with E-state index in [1.807, 2.05) is 41.7 Å². The third kappa shape index (κ3) is 4.62. The zero-order chi connectivity index (χ0) is 36.0. The van der Waals surface area contributed by atoms with E-state index in [-0.39, 0.29) is 6.04 Å². The Bertz CT molecular complexity index is 3220. The van der Waals surface area contributed by atoms with Crippen LogP contribution in [0.1, 0.15) is 16.9 Å². The fourth-order valence-electron chi connectivity index (χ4n) is 8.72. The number of aromatic nitrogens is 1. The maximum absolute atomic E-state index is 6.71. The van der Waals surface area contributed by atoms with Crippen molar-refractivity contribution < 1.29 is 9.15 Å². The summed E-state index contributed by atoms with van der Waals surface area (Å²) in [7, 11) is 0. The van der Waals surface area contributed by atoms with Gasteiger partial charge in [0.25, 0.3) is 0 Å². The van der Waals surface area contributed by atoms with Gasteiger partial charge >= 0.3 is 0 Å². The van der Waals surface area contributed by atoms with E-state index in [9.17, 15) is 0 Å². The molecule has 0 fully saturated rings. The first kappa shape index (κ1) is 30.6. The van der Waals surface area contributed by atoms with Crippen LogP contribution in [0.2, 0.25) is 0 Å². The Morgan fingerprint density at radius 2 is 1.36 bits per heavy atom. The topological polar surface area (TPSA) is 42.9 Å². The SMILES string of the molecule is C1=C2OC(c3ccccc3)=NC2Cc2c1oc1cccc(N(c3ccc4sc5ccccc5c4c3)c3cccc4c5ccccc5n(-c5ccccc5)c34)c21. The van der Waals surface area contributed by atoms with Crippen LogP contribution in [0.3, 0.4) is 0 Å². The molecule has 0 spiro atoms. The molecule has 1 aliphatic heterocycles. The van der Waals surface area contributed by atoms with Crippen molar-refractivity contribution in [2.45, 2.75) is 12.5 Å². The molecule has 1 atom stereocenters. The van der Waals surface area contributed by atoms with E-state index in [2.05, 4.69) is 149 Å². The summed E-state index contributed by atoms with van der Waals surface area (Å²) in [5.41, 5.74) is 9.61. The van der Waals surface area contributed by atoms with E-state index >= 15 is 0 Å². The third-order valence-electron chi connectivity index (χ3n) is 11.1. The highest BCUT2D eigenvalue weighted by atomic mass is 32.1. The molecule has 0 saturated heterocycles. The first-order valence-electron chi connectivity index (χ1n) is 18.6. The Labute approximate surface area is 320 Å². The molecule has 2 aliphatic rings. The second kappa shape index (κ2) is 11.8. The van der Waals surface area contributed by atoms with Gasteiger partial charge in [-0.2, -0.15) is 0 Å². The maximum atomic E-state index is 6.71. The normalized spacial score (nSPS) is 15.0. The number of hydrogen-bond acceptors (Lipinski definition) is 5. The van der Waals surface area contributed by atoms with Crippen molar-refractivity contribution >= 4 is 93.3 Å². The van der Waals surface area contributed by atoms with E-state index < -0.39 is 0 Å². The average molecular weight is 726 g/mol. The molecular weight excluding hydrogens is 695 g/mol. The lowest BCUT2D eigenvalue weighted by Gasteiger charge is -2.28. The fraction of sp³-hybridized carbons (Fsp3) is 0.0408. The predicted molar refractivity (Wildman–Crippen MR) is 228 cm³/mol. The molecule has 7 aromatic carbocycles. The van der Waals surface area contributed by atoms with Crippen molar-refractivity contribution in [2.75, 3.05) is 4.90 Å². The second-order valence-electron chi connectivity index (χ2n) is 14.2. The van der Waals surface area contributed by atoms with Gasteiger partial charge in [-0.1, -0.05) is 91.0 Å². The standard InChI is InChI=1S/C49H31N3O2S/c1-3-13-30(14-4-1)49-50-38-28-37-43(29-44(38)54-49)53-42-23-12-21-40(47(37)42)51(32-25-26-46-36(27-32)34-18-8-10-24-45(34)55-46)41-22-11-19-35-33-17-7-9-20-39(33)52(48(35)41)31-15-5-2-6-16-31/h1-27,29,38H,28H2. The van der Waals surface area contributed by atoms with Gasteiger partial charge in [0, 0.05) is 71.3 Å². The lowest BCUT2D eigenvalue weighted by Crippen LogP contribution is -2.15. The molecule has 6 heteroatoms. The summed E-state index contributed by atoms with van der Waals surface area (Å²) in [6.45, 7) is 0.